The van der Waals surface area contributed by atoms with Crippen molar-refractivity contribution in [3.05, 3.63) is 106 Å². The number of hydrogen-bond donors (Lipinski definition) is 0. The molecule has 0 spiro atoms. The number of nitriles is 1. The first-order valence-corrected chi connectivity index (χ1v) is 11.3. The molecule has 1 aliphatic carbocycles. The summed E-state index contributed by atoms with van der Waals surface area (Å²) in [6, 6.07) is 15.8. The van der Waals surface area contributed by atoms with Gasteiger partial charge in [0.2, 0.25) is 0 Å². The summed E-state index contributed by atoms with van der Waals surface area (Å²) in [5, 5.41) is 9.66. The SMILES string of the molecule is C/C(C#N)=C1/c2ccc(Cc3c(C4CC4)nc4cc(F)ccn34)cc2COc2cc(F)ccc21. The first kappa shape index (κ1) is 20.6. The Bertz CT molecular complexity index is 1540. The van der Waals surface area contributed by atoms with Crippen molar-refractivity contribution < 1.29 is 13.5 Å². The van der Waals surface area contributed by atoms with Crippen LogP contribution in [0.1, 0.15) is 59.3 Å². The van der Waals surface area contributed by atoms with Crippen LogP contribution in [0.4, 0.5) is 8.78 Å². The maximum absolute atomic E-state index is 13.9. The molecule has 2 aliphatic rings. The quantitative estimate of drug-likeness (QED) is 0.341. The number of pyridine rings is 1. The number of benzene rings is 2. The van der Waals surface area contributed by atoms with E-state index in [-0.39, 0.29) is 18.2 Å². The van der Waals surface area contributed by atoms with Crippen LogP contribution < -0.4 is 4.74 Å². The Morgan fingerprint density at radius 1 is 1.09 bits per heavy atom. The van der Waals surface area contributed by atoms with Crippen molar-refractivity contribution in [3.63, 3.8) is 0 Å². The lowest BCUT2D eigenvalue weighted by Crippen LogP contribution is -2.02. The van der Waals surface area contributed by atoms with Crippen LogP contribution in [0, 0.1) is 23.0 Å². The lowest BCUT2D eigenvalue weighted by Gasteiger charge is -2.13. The highest BCUT2D eigenvalue weighted by atomic mass is 19.1. The summed E-state index contributed by atoms with van der Waals surface area (Å²) >= 11 is 0. The molecule has 1 saturated carbocycles. The Morgan fingerprint density at radius 2 is 1.88 bits per heavy atom. The highest BCUT2D eigenvalue weighted by molar-refractivity contribution is 5.88. The van der Waals surface area contributed by atoms with Gasteiger partial charge in [-0.2, -0.15) is 5.26 Å². The van der Waals surface area contributed by atoms with Crippen LogP contribution in [0.15, 0.2) is 60.3 Å². The van der Waals surface area contributed by atoms with E-state index in [2.05, 4.69) is 18.2 Å². The van der Waals surface area contributed by atoms with E-state index in [0.717, 1.165) is 46.5 Å². The fourth-order valence-corrected chi connectivity index (χ4v) is 4.84. The van der Waals surface area contributed by atoms with Gasteiger partial charge in [0.25, 0.3) is 0 Å². The van der Waals surface area contributed by atoms with E-state index in [1.54, 1.807) is 19.2 Å². The first-order chi connectivity index (χ1) is 16.5. The van der Waals surface area contributed by atoms with Crippen molar-refractivity contribution in [1.82, 2.24) is 9.38 Å². The second kappa shape index (κ2) is 7.81. The van der Waals surface area contributed by atoms with Crippen LogP contribution >= 0.6 is 0 Å². The van der Waals surface area contributed by atoms with Gasteiger partial charge in [-0.15, -0.1) is 0 Å². The number of nitrogens with zero attached hydrogens (tertiary/aromatic N) is 3. The molecule has 6 heteroatoms. The molecule has 0 saturated heterocycles. The van der Waals surface area contributed by atoms with Crippen LogP contribution in [0.3, 0.4) is 0 Å². The van der Waals surface area contributed by atoms with Crippen molar-refractivity contribution in [2.75, 3.05) is 0 Å². The third kappa shape index (κ3) is 3.45. The summed E-state index contributed by atoms with van der Waals surface area (Å²) in [5.41, 5.74) is 7.69. The van der Waals surface area contributed by atoms with Crippen molar-refractivity contribution >= 4 is 11.2 Å². The van der Waals surface area contributed by atoms with E-state index >= 15 is 0 Å². The molecule has 1 aliphatic heterocycles. The van der Waals surface area contributed by atoms with Crippen molar-refractivity contribution in [3.8, 4) is 11.8 Å². The smallest absolute Gasteiger partial charge is 0.140 e. The topological polar surface area (TPSA) is 50.3 Å². The van der Waals surface area contributed by atoms with E-state index in [4.69, 9.17) is 9.72 Å². The number of imidazole rings is 1. The standard InChI is InChI=1S/C28H21F2N3O/c1-16(14-31)27-22-6-2-17(10-19(22)15-34-25-12-20(29)5-7-23(25)27)11-24-28(18-3-4-18)32-26-13-21(30)8-9-33(24)26/h2,5-10,12-13,18H,3-4,11,15H2,1H3/b27-16+. The van der Waals surface area contributed by atoms with Gasteiger partial charge in [0.15, 0.2) is 0 Å². The minimum atomic E-state index is -0.379. The van der Waals surface area contributed by atoms with Gasteiger partial charge in [-0.3, -0.25) is 0 Å². The van der Waals surface area contributed by atoms with Gasteiger partial charge in [-0.25, -0.2) is 13.8 Å². The minimum absolute atomic E-state index is 0.273. The summed E-state index contributed by atoms with van der Waals surface area (Å²) in [7, 11) is 0. The molecule has 0 unspecified atom stereocenters. The molecule has 6 rings (SSSR count). The predicted molar refractivity (Wildman–Crippen MR) is 124 cm³/mol. The van der Waals surface area contributed by atoms with Gasteiger partial charge >= 0.3 is 0 Å². The van der Waals surface area contributed by atoms with Gasteiger partial charge in [0, 0.05) is 47.4 Å². The molecule has 0 amide bonds. The number of rotatable bonds is 3. The van der Waals surface area contributed by atoms with Gasteiger partial charge in [0.05, 0.1) is 17.5 Å². The highest BCUT2D eigenvalue weighted by Gasteiger charge is 2.30. The molecule has 0 radical (unpaired) electrons. The summed E-state index contributed by atoms with van der Waals surface area (Å²) in [6.07, 6.45) is 4.60. The average molecular weight is 453 g/mol. The molecule has 2 aromatic carbocycles. The second-order valence-electron chi connectivity index (χ2n) is 9.00. The maximum Gasteiger partial charge on any atom is 0.140 e. The monoisotopic (exact) mass is 453 g/mol. The van der Waals surface area contributed by atoms with Crippen LogP contribution in [-0.4, -0.2) is 9.38 Å². The van der Waals surface area contributed by atoms with Crippen LogP contribution in [0.2, 0.25) is 0 Å². The van der Waals surface area contributed by atoms with Crippen molar-refractivity contribution in [2.24, 2.45) is 0 Å². The number of halogens is 2. The summed E-state index contributed by atoms with van der Waals surface area (Å²) < 4.78 is 35.7. The zero-order valence-electron chi connectivity index (χ0n) is 18.6. The molecular formula is C28H21F2N3O. The third-order valence-corrected chi connectivity index (χ3v) is 6.63. The lowest BCUT2D eigenvalue weighted by atomic mass is 9.89. The minimum Gasteiger partial charge on any atom is -0.488 e. The fraction of sp³-hybridized carbons (Fsp3) is 0.214. The second-order valence-corrected chi connectivity index (χ2v) is 9.00. The molecule has 0 N–H and O–H groups in total. The third-order valence-electron chi connectivity index (χ3n) is 6.63. The number of aromatic nitrogens is 2. The highest BCUT2D eigenvalue weighted by Crippen LogP contribution is 2.43. The Morgan fingerprint density at radius 3 is 2.68 bits per heavy atom. The Kier molecular flexibility index (Phi) is 4.73. The van der Waals surface area contributed by atoms with Gasteiger partial charge in [0.1, 0.15) is 29.6 Å². The number of allylic oxidation sites excluding steroid dienone is 1. The van der Waals surface area contributed by atoms with Gasteiger partial charge < -0.3 is 9.14 Å². The summed E-state index contributed by atoms with van der Waals surface area (Å²) in [5.74, 6) is 0.189. The van der Waals surface area contributed by atoms with E-state index < -0.39 is 0 Å². The van der Waals surface area contributed by atoms with Gasteiger partial charge in [-0.05, 0) is 54.7 Å². The number of fused-ring (bicyclic) bond motifs is 3. The predicted octanol–water partition coefficient (Wildman–Crippen LogP) is 6.32. The van der Waals surface area contributed by atoms with Crippen LogP contribution in [0.5, 0.6) is 5.75 Å². The summed E-state index contributed by atoms with van der Waals surface area (Å²) in [6.45, 7) is 2.04. The first-order valence-electron chi connectivity index (χ1n) is 11.3. The molecule has 0 bridgehead atoms. The molecule has 4 aromatic rings. The molecule has 3 heterocycles. The maximum atomic E-state index is 13.9. The molecule has 4 nitrogen and oxygen atoms in total. The van der Waals surface area contributed by atoms with E-state index in [0.29, 0.717) is 34.9 Å². The van der Waals surface area contributed by atoms with E-state index in [1.807, 2.05) is 10.5 Å². The normalized spacial score (nSPS) is 16.3. The fourth-order valence-electron chi connectivity index (χ4n) is 4.84. The molecule has 168 valence electrons. The zero-order valence-corrected chi connectivity index (χ0v) is 18.6. The van der Waals surface area contributed by atoms with Gasteiger partial charge in [-0.1, -0.05) is 18.2 Å². The van der Waals surface area contributed by atoms with Crippen molar-refractivity contribution in [1.29, 1.82) is 5.26 Å². The lowest BCUT2D eigenvalue weighted by molar-refractivity contribution is 0.305. The number of hydrogen-bond acceptors (Lipinski definition) is 3. The molecule has 2 aromatic heterocycles. The number of ether oxygens (including phenoxy) is 1. The molecule has 0 atom stereocenters. The van der Waals surface area contributed by atoms with Crippen LogP contribution in [0.25, 0.3) is 11.2 Å². The Hall–Kier alpha value is -3.98. The van der Waals surface area contributed by atoms with E-state index in [9.17, 15) is 14.0 Å². The molecule has 34 heavy (non-hydrogen) atoms. The average Bonchev–Trinajstić information content (AvgIpc) is 3.63. The van der Waals surface area contributed by atoms with Crippen LogP contribution in [-0.2, 0) is 13.0 Å². The Balaban J connectivity index is 1.45. The zero-order chi connectivity index (χ0) is 23.4. The largest absolute Gasteiger partial charge is 0.488 e. The molecular weight excluding hydrogens is 432 g/mol. The molecule has 1 fully saturated rings. The van der Waals surface area contributed by atoms with Crippen molar-refractivity contribution in [2.45, 2.75) is 38.7 Å². The Labute approximate surface area is 195 Å². The van der Waals surface area contributed by atoms with E-state index in [1.165, 1.54) is 24.3 Å². The summed E-state index contributed by atoms with van der Waals surface area (Å²) in [4.78, 5) is 4.74.